The summed E-state index contributed by atoms with van der Waals surface area (Å²) in [5.74, 6) is 2.69. The average Bonchev–Trinajstić information content (AvgIpc) is 2.20. The largest absolute Gasteiger partial charge is 0.285 e. The van der Waals surface area contributed by atoms with E-state index in [9.17, 15) is 4.79 Å². The topological polar surface area (TPSA) is 29.1 Å². The normalized spacial score (nSPS) is 9.00. The summed E-state index contributed by atoms with van der Waals surface area (Å²) in [6, 6.07) is 2.56. The van der Waals surface area contributed by atoms with Crippen LogP contribution in [0, 0.1) is 12.0 Å². The molecule has 14 heavy (non-hydrogen) atoms. The van der Waals surface area contributed by atoms with Crippen LogP contribution in [0.15, 0.2) is 0 Å². The molecule has 1 N–H and O–H groups in total. The van der Waals surface area contributed by atoms with Crippen LogP contribution in [0.3, 0.4) is 0 Å². The Morgan fingerprint density at radius 3 is 2.43 bits per heavy atom. The second kappa shape index (κ2) is 10.1. The van der Waals surface area contributed by atoms with E-state index in [1.165, 1.54) is 25.7 Å². The molecule has 0 rings (SSSR count). The maximum atomic E-state index is 11.1. The summed E-state index contributed by atoms with van der Waals surface area (Å²) >= 11 is 0. The monoisotopic (exact) mass is 195 g/mol. The molecule has 0 aromatic rings. The van der Waals surface area contributed by atoms with Crippen molar-refractivity contribution >= 4 is 5.91 Å². The van der Waals surface area contributed by atoms with Gasteiger partial charge < -0.3 is 0 Å². The van der Waals surface area contributed by atoms with Gasteiger partial charge in [-0.3, -0.25) is 10.1 Å². The molecule has 0 radical (unpaired) electrons. The van der Waals surface area contributed by atoms with E-state index in [4.69, 9.17) is 0 Å². The van der Waals surface area contributed by atoms with E-state index in [1.54, 1.807) is 6.92 Å². The Morgan fingerprint density at radius 2 is 1.79 bits per heavy atom. The van der Waals surface area contributed by atoms with Crippen LogP contribution in [-0.4, -0.2) is 5.91 Å². The molecule has 0 bridgehead atoms. The molecular formula is C12H21NO. The standard InChI is InChI=1S/C12H21NO/c1-3-5-6-7-8-9-10-12(14)13-11-4-2/h3,5-10H2,1-2H3,(H,13,14). The maximum absolute atomic E-state index is 11.1. The Labute approximate surface area is 87.5 Å². The lowest BCUT2D eigenvalue weighted by Crippen LogP contribution is -2.16. The molecule has 0 aliphatic heterocycles. The van der Waals surface area contributed by atoms with Crippen molar-refractivity contribution in [3.8, 4) is 12.0 Å². The van der Waals surface area contributed by atoms with Gasteiger partial charge in [-0.05, 0) is 13.3 Å². The zero-order valence-corrected chi connectivity index (χ0v) is 9.36. The van der Waals surface area contributed by atoms with Gasteiger partial charge in [0.2, 0.25) is 5.91 Å². The first-order valence-electron chi connectivity index (χ1n) is 5.51. The van der Waals surface area contributed by atoms with Crippen molar-refractivity contribution in [2.45, 2.75) is 58.8 Å². The van der Waals surface area contributed by atoms with Gasteiger partial charge >= 0.3 is 0 Å². The van der Waals surface area contributed by atoms with Crippen molar-refractivity contribution < 1.29 is 4.79 Å². The van der Waals surface area contributed by atoms with Crippen molar-refractivity contribution in [1.29, 1.82) is 0 Å². The molecule has 0 aromatic carbocycles. The van der Waals surface area contributed by atoms with Crippen molar-refractivity contribution in [3.63, 3.8) is 0 Å². The van der Waals surface area contributed by atoms with Gasteiger partial charge in [0, 0.05) is 12.5 Å². The number of hydrogen-bond donors (Lipinski definition) is 1. The van der Waals surface area contributed by atoms with Gasteiger partial charge in [-0.15, -0.1) is 0 Å². The minimum atomic E-state index is 0.0508. The van der Waals surface area contributed by atoms with Crippen LogP contribution in [0.2, 0.25) is 0 Å². The highest BCUT2D eigenvalue weighted by Crippen LogP contribution is 2.06. The molecule has 2 heteroatoms. The first-order valence-corrected chi connectivity index (χ1v) is 5.51. The first kappa shape index (κ1) is 13.0. The fourth-order valence-electron chi connectivity index (χ4n) is 1.26. The highest BCUT2D eigenvalue weighted by atomic mass is 16.1. The summed E-state index contributed by atoms with van der Waals surface area (Å²) in [5, 5.41) is 2.53. The van der Waals surface area contributed by atoms with E-state index in [-0.39, 0.29) is 5.91 Å². The Balaban J connectivity index is 3.17. The molecular weight excluding hydrogens is 174 g/mol. The number of hydrogen-bond acceptors (Lipinski definition) is 1. The quantitative estimate of drug-likeness (QED) is 0.378. The van der Waals surface area contributed by atoms with Crippen LogP contribution < -0.4 is 5.32 Å². The number of unbranched alkanes of at least 4 members (excludes halogenated alkanes) is 5. The van der Waals surface area contributed by atoms with Crippen LogP contribution >= 0.6 is 0 Å². The average molecular weight is 195 g/mol. The lowest BCUT2D eigenvalue weighted by Gasteiger charge is -1.99. The minimum Gasteiger partial charge on any atom is -0.285 e. The van der Waals surface area contributed by atoms with Crippen LogP contribution in [0.25, 0.3) is 0 Å². The van der Waals surface area contributed by atoms with Crippen LogP contribution in [0.1, 0.15) is 58.8 Å². The third kappa shape index (κ3) is 9.12. The van der Waals surface area contributed by atoms with Gasteiger partial charge in [0.15, 0.2) is 0 Å². The number of carbonyl (C=O) groups is 1. The van der Waals surface area contributed by atoms with Crippen LogP contribution in [0.5, 0.6) is 0 Å². The first-order chi connectivity index (χ1) is 6.81. The van der Waals surface area contributed by atoms with E-state index in [0.717, 1.165) is 12.8 Å². The van der Waals surface area contributed by atoms with Gasteiger partial charge in [0.05, 0.1) is 0 Å². The molecule has 0 unspecified atom stereocenters. The zero-order chi connectivity index (χ0) is 10.6. The molecule has 0 aliphatic carbocycles. The molecule has 0 fully saturated rings. The minimum absolute atomic E-state index is 0.0508. The Kier molecular flexibility index (Phi) is 9.41. The molecule has 1 amide bonds. The van der Waals surface area contributed by atoms with E-state index in [0.29, 0.717) is 6.42 Å². The second-order valence-electron chi connectivity index (χ2n) is 3.44. The molecule has 0 aromatic heterocycles. The van der Waals surface area contributed by atoms with Gasteiger partial charge in [-0.1, -0.05) is 44.9 Å². The van der Waals surface area contributed by atoms with Gasteiger partial charge in [0.1, 0.15) is 0 Å². The molecule has 0 heterocycles. The van der Waals surface area contributed by atoms with Gasteiger partial charge in [-0.25, -0.2) is 0 Å². The Bertz CT molecular complexity index is 200. The third-order valence-electron chi connectivity index (χ3n) is 2.08. The molecule has 0 saturated heterocycles. The number of carbonyl (C=O) groups excluding carboxylic acids is 1. The summed E-state index contributed by atoms with van der Waals surface area (Å²) in [7, 11) is 0. The predicted octanol–water partition coefficient (Wildman–Crippen LogP) is 2.83. The van der Waals surface area contributed by atoms with Crippen molar-refractivity contribution in [3.05, 3.63) is 0 Å². The Morgan fingerprint density at radius 1 is 1.14 bits per heavy atom. The third-order valence-corrected chi connectivity index (χ3v) is 2.08. The van der Waals surface area contributed by atoms with Crippen molar-refractivity contribution in [1.82, 2.24) is 5.32 Å². The van der Waals surface area contributed by atoms with Crippen LogP contribution in [0.4, 0.5) is 0 Å². The summed E-state index contributed by atoms with van der Waals surface area (Å²) in [5.41, 5.74) is 0. The summed E-state index contributed by atoms with van der Waals surface area (Å²) in [6.45, 7) is 3.92. The van der Waals surface area contributed by atoms with E-state index in [2.05, 4.69) is 24.2 Å². The molecule has 0 saturated carbocycles. The lowest BCUT2D eigenvalue weighted by atomic mass is 10.1. The fourth-order valence-corrected chi connectivity index (χ4v) is 1.26. The van der Waals surface area contributed by atoms with E-state index in [1.807, 2.05) is 0 Å². The molecule has 80 valence electrons. The van der Waals surface area contributed by atoms with Gasteiger partial charge in [0.25, 0.3) is 0 Å². The fraction of sp³-hybridized carbons (Fsp3) is 0.750. The maximum Gasteiger partial charge on any atom is 0.231 e. The molecule has 0 aliphatic rings. The van der Waals surface area contributed by atoms with Crippen LogP contribution in [-0.2, 0) is 4.79 Å². The molecule has 0 atom stereocenters. The number of rotatable bonds is 7. The van der Waals surface area contributed by atoms with Crippen molar-refractivity contribution in [2.24, 2.45) is 0 Å². The van der Waals surface area contributed by atoms with E-state index >= 15 is 0 Å². The zero-order valence-electron chi connectivity index (χ0n) is 9.36. The second-order valence-corrected chi connectivity index (χ2v) is 3.44. The van der Waals surface area contributed by atoms with Gasteiger partial charge in [-0.2, -0.15) is 0 Å². The smallest absolute Gasteiger partial charge is 0.231 e. The summed E-state index contributed by atoms with van der Waals surface area (Å²) in [4.78, 5) is 11.1. The number of amides is 1. The molecule has 2 nitrogen and oxygen atoms in total. The highest BCUT2D eigenvalue weighted by Gasteiger charge is 1.97. The summed E-state index contributed by atoms with van der Waals surface area (Å²) < 4.78 is 0. The number of nitrogens with one attached hydrogen (secondary N) is 1. The lowest BCUT2D eigenvalue weighted by molar-refractivity contribution is -0.120. The SMILES string of the molecule is CC#CNC(=O)CCCCCCCC. The van der Waals surface area contributed by atoms with Crippen molar-refractivity contribution in [2.75, 3.05) is 0 Å². The highest BCUT2D eigenvalue weighted by molar-refractivity contribution is 5.77. The molecule has 0 spiro atoms. The predicted molar refractivity (Wildman–Crippen MR) is 59.6 cm³/mol. The summed E-state index contributed by atoms with van der Waals surface area (Å²) in [6.07, 6.45) is 7.89. The van der Waals surface area contributed by atoms with E-state index < -0.39 is 0 Å². The Hall–Kier alpha value is -0.970.